The highest BCUT2D eigenvalue weighted by atomic mass is 32.2. The zero-order chi connectivity index (χ0) is 19.4. The minimum atomic E-state index is -3.61. The Labute approximate surface area is 160 Å². The van der Waals surface area contributed by atoms with Crippen molar-refractivity contribution >= 4 is 21.6 Å². The Kier molecular flexibility index (Phi) is 5.82. The molecule has 0 bridgehead atoms. The lowest BCUT2D eigenvalue weighted by Gasteiger charge is -2.16. The molecule has 0 atom stereocenters. The summed E-state index contributed by atoms with van der Waals surface area (Å²) in [5.41, 5.74) is 2.80. The minimum absolute atomic E-state index is 0.0795. The molecule has 6 nitrogen and oxygen atoms in total. The third-order valence-electron chi connectivity index (χ3n) is 4.65. The Hall–Kier alpha value is -2.38. The van der Waals surface area contributed by atoms with Crippen LogP contribution in [0, 0.1) is 6.92 Å². The third kappa shape index (κ3) is 4.48. The van der Waals surface area contributed by atoms with Crippen molar-refractivity contribution in [3.63, 3.8) is 0 Å². The molecule has 144 valence electrons. The summed E-state index contributed by atoms with van der Waals surface area (Å²) in [5.74, 6) is 0.829. The number of ether oxygens (including phenoxy) is 1. The number of rotatable bonds is 7. The van der Waals surface area contributed by atoms with Gasteiger partial charge in [0.15, 0.2) is 0 Å². The molecule has 0 spiro atoms. The van der Waals surface area contributed by atoms with E-state index in [0.29, 0.717) is 19.4 Å². The van der Waals surface area contributed by atoms with Crippen LogP contribution in [-0.4, -0.2) is 34.5 Å². The van der Waals surface area contributed by atoms with E-state index in [1.165, 1.54) is 12.1 Å². The fraction of sp³-hybridized carbons (Fsp3) is 0.350. The normalized spacial score (nSPS) is 14.6. The highest BCUT2D eigenvalue weighted by molar-refractivity contribution is 7.89. The maximum Gasteiger partial charge on any atom is 0.240 e. The van der Waals surface area contributed by atoms with Gasteiger partial charge in [0.1, 0.15) is 5.75 Å². The van der Waals surface area contributed by atoms with E-state index in [1.54, 1.807) is 24.1 Å². The Morgan fingerprint density at radius 1 is 1.15 bits per heavy atom. The number of methoxy groups -OCH3 is 1. The maximum atomic E-state index is 12.5. The zero-order valence-electron chi connectivity index (χ0n) is 15.6. The first kappa shape index (κ1) is 19.4. The average Bonchev–Trinajstić information content (AvgIpc) is 3.08. The van der Waals surface area contributed by atoms with Gasteiger partial charge in [-0.15, -0.1) is 0 Å². The molecule has 0 aromatic heterocycles. The van der Waals surface area contributed by atoms with Crippen LogP contribution in [0.1, 0.15) is 24.0 Å². The van der Waals surface area contributed by atoms with Crippen molar-refractivity contribution in [2.75, 3.05) is 25.1 Å². The van der Waals surface area contributed by atoms with Crippen molar-refractivity contribution in [3.05, 3.63) is 53.6 Å². The fourth-order valence-corrected chi connectivity index (χ4v) is 4.26. The van der Waals surface area contributed by atoms with Gasteiger partial charge in [-0.05, 0) is 55.7 Å². The van der Waals surface area contributed by atoms with Crippen LogP contribution in [0.4, 0.5) is 5.69 Å². The quantitative estimate of drug-likeness (QED) is 0.791. The number of nitrogens with zero attached hydrogens (tertiary/aromatic N) is 1. The van der Waals surface area contributed by atoms with Crippen LogP contribution in [-0.2, 0) is 21.2 Å². The molecular weight excluding hydrogens is 364 g/mol. The van der Waals surface area contributed by atoms with Crippen molar-refractivity contribution in [1.29, 1.82) is 0 Å². The standard InChI is InChI=1S/C20H24N2O4S/c1-15-5-10-19(26-2)16(14-15)11-12-21-27(24,25)18-8-6-17(7-9-18)22-13-3-4-20(22)23/h5-10,14,21H,3-4,11-13H2,1-2H3. The van der Waals surface area contributed by atoms with Crippen LogP contribution in [0.2, 0.25) is 0 Å². The number of amides is 1. The molecule has 2 aromatic rings. The number of aryl methyl sites for hydroxylation is 1. The third-order valence-corrected chi connectivity index (χ3v) is 6.13. The number of carbonyl (C=O) groups excluding carboxylic acids is 1. The monoisotopic (exact) mass is 388 g/mol. The predicted octanol–water partition coefficient (Wildman–Crippen LogP) is 2.65. The van der Waals surface area contributed by atoms with Crippen LogP contribution in [0.3, 0.4) is 0 Å². The first-order chi connectivity index (χ1) is 12.9. The van der Waals surface area contributed by atoms with Crippen LogP contribution < -0.4 is 14.4 Å². The number of carbonyl (C=O) groups is 1. The van der Waals surface area contributed by atoms with Gasteiger partial charge in [0.25, 0.3) is 0 Å². The molecule has 27 heavy (non-hydrogen) atoms. The van der Waals surface area contributed by atoms with Gasteiger partial charge in [-0.25, -0.2) is 13.1 Å². The fourth-order valence-electron chi connectivity index (χ4n) is 3.23. The van der Waals surface area contributed by atoms with Crippen molar-refractivity contribution in [2.45, 2.75) is 31.1 Å². The second kappa shape index (κ2) is 8.10. The van der Waals surface area contributed by atoms with Gasteiger partial charge < -0.3 is 9.64 Å². The molecule has 0 unspecified atom stereocenters. The molecule has 1 fully saturated rings. The molecule has 2 aromatic carbocycles. The Balaban J connectivity index is 1.65. The zero-order valence-corrected chi connectivity index (χ0v) is 16.4. The molecule has 0 saturated carbocycles. The van der Waals surface area contributed by atoms with Crippen LogP contribution in [0.25, 0.3) is 0 Å². The van der Waals surface area contributed by atoms with E-state index >= 15 is 0 Å². The van der Waals surface area contributed by atoms with Crippen molar-refractivity contribution < 1.29 is 17.9 Å². The van der Waals surface area contributed by atoms with Crippen molar-refractivity contribution in [2.24, 2.45) is 0 Å². The van der Waals surface area contributed by atoms with Crippen molar-refractivity contribution in [3.8, 4) is 5.75 Å². The molecule has 1 aliphatic heterocycles. The summed E-state index contributed by atoms with van der Waals surface area (Å²) in [4.78, 5) is 13.7. The lowest BCUT2D eigenvalue weighted by atomic mass is 10.1. The van der Waals surface area contributed by atoms with Crippen LogP contribution in [0.5, 0.6) is 5.75 Å². The Morgan fingerprint density at radius 3 is 2.52 bits per heavy atom. The van der Waals surface area contributed by atoms with Gasteiger partial charge in [-0.1, -0.05) is 17.7 Å². The average molecular weight is 388 g/mol. The van der Waals surface area contributed by atoms with E-state index in [1.807, 2.05) is 25.1 Å². The first-order valence-electron chi connectivity index (χ1n) is 8.94. The SMILES string of the molecule is COc1ccc(C)cc1CCNS(=O)(=O)c1ccc(N2CCCC2=O)cc1. The van der Waals surface area contributed by atoms with Gasteiger partial charge >= 0.3 is 0 Å². The molecule has 7 heteroatoms. The number of benzene rings is 2. The number of hydrogen-bond donors (Lipinski definition) is 1. The summed E-state index contributed by atoms with van der Waals surface area (Å²) < 4.78 is 33.0. The first-order valence-corrected chi connectivity index (χ1v) is 10.4. The highest BCUT2D eigenvalue weighted by Gasteiger charge is 2.22. The number of sulfonamides is 1. The molecule has 1 aliphatic rings. The molecular formula is C20H24N2O4S. The van der Waals surface area contributed by atoms with Crippen LogP contribution in [0.15, 0.2) is 47.4 Å². The molecule has 1 amide bonds. The second-order valence-electron chi connectivity index (χ2n) is 6.61. The van der Waals surface area contributed by atoms with Gasteiger partial charge in [-0.3, -0.25) is 4.79 Å². The number of nitrogens with one attached hydrogen (secondary N) is 1. The van der Waals surface area contributed by atoms with Gasteiger partial charge in [0.2, 0.25) is 15.9 Å². The molecule has 1 saturated heterocycles. The highest BCUT2D eigenvalue weighted by Crippen LogP contribution is 2.23. The summed E-state index contributed by atoms with van der Waals surface area (Å²) in [6, 6.07) is 12.3. The van der Waals surface area contributed by atoms with E-state index in [0.717, 1.165) is 29.0 Å². The molecule has 3 rings (SSSR count). The van der Waals surface area contributed by atoms with E-state index in [2.05, 4.69) is 4.72 Å². The topological polar surface area (TPSA) is 75.7 Å². The summed E-state index contributed by atoms with van der Waals surface area (Å²) in [6.07, 6.45) is 1.91. The van der Waals surface area contributed by atoms with Gasteiger partial charge in [0, 0.05) is 25.2 Å². The van der Waals surface area contributed by atoms with Crippen molar-refractivity contribution in [1.82, 2.24) is 4.72 Å². The summed E-state index contributed by atoms with van der Waals surface area (Å²) in [6.45, 7) is 2.94. The van der Waals surface area contributed by atoms with Crippen LogP contribution >= 0.6 is 0 Å². The molecule has 1 N–H and O–H groups in total. The lowest BCUT2D eigenvalue weighted by Crippen LogP contribution is -2.26. The molecule has 1 heterocycles. The maximum absolute atomic E-state index is 12.5. The predicted molar refractivity (Wildman–Crippen MR) is 105 cm³/mol. The largest absolute Gasteiger partial charge is 0.496 e. The molecule has 0 aliphatic carbocycles. The van der Waals surface area contributed by atoms with E-state index in [-0.39, 0.29) is 17.3 Å². The van der Waals surface area contributed by atoms with E-state index in [9.17, 15) is 13.2 Å². The summed E-state index contributed by atoms with van der Waals surface area (Å²) in [5, 5.41) is 0. The summed E-state index contributed by atoms with van der Waals surface area (Å²) in [7, 11) is -2.01. The number of anilines is 1. The molecule has 0 radical (unpaired) electrons. The minimum Gasteiger partial charge on any atom is -0.496 e. The van der Waals surface area contributed by atoms with E-state index < -0.39 is 10.0 Å². The smallest absolute Gasteiger partial charge is 0.240 e. The number of hydrogen-bond acceptors (Lipinski definition) is 4. The Bertz CT molecular complexity index is 923. The van der Waals surface area contributed by atoms with E-state index in [4.69, 9.17) is 4.74 Å². The van der Waals surface area contributed by atoms with Gasteiger partial charge in [0.05, 0.1) is 12.0 Å². The van der Waals surface area contributed by atoms with Gasteiger partial charge in [-0.2, -0.15) is 0 Å². The second-order valence-corrected chi connectivity index (χ2v) is 8.37. The Morgan fingerprint density at radius 2 is 1.89 bits per heavy atom. The lowest BCUT2D eigenvalue weighted by molar-refractivity contribution is -0.117. The summed E-state index contributed by atoms with van der Waals surface area (Å²) >= 11 is 0.